The summed E-state index contributed by atoms with van der Waals surface area (Å²) in [6, 6.07) is 14.6. The molecule has 0 spiro atoms. The Bertz CT molecular complexity index is 1210. The number of nitrogens with one attached hydrogen (secondary N) is 2. The summed E-state index contributed by atoms with van der Waals surface area (Å²) in [7, 11) is -3.39. The van der Waals surface area contributed by atoms with Crippen LogP contribution in [-0.4, -0.2) is 62.7 Å². The van der Waals surface area contributed by atoms with Crippen LogP contribution in [0.4, 0.5) is 4.79 Å². The van der Waals surface area contributed by atoms with Gasteiger partial charge in [-0.3, -0.25) is 4.79 Å². The van der Waals surface area contributed by atoms with E-state index in [1.807, 2.05) is 48.5 Å². The van der Waals surface area contributed by atoms with E-state index in [-0.39, 0.29) is 36.8 Å². The van der Waals surface area contributed by atoms with Crippen molar-refractivity contribution in [3.63, 3.8) is 0 Å². The van der Waals surface area contributed by atoms with Crippen molar-refractivity contribution in [1.82, 2.24) is 10.6 Å². The first-order chi connectivity index (χ1) is 16.6. The molecule has 2 aromatic carbocycles. The number of rotatable bonds is 10. The third-order valence-electron chi connectivity index (χ3n) is 5.75. The maximum absolute atomic E-state index is 12.6. The zero-order chi connectivity index (χ0) is 25.6. The van der Waals surface area contributed by atoms with Gasteiger partial charge in [0, 0.05) is 24.3 Å². The molecule has 2 amide bonds. The molecule has 1 atom stereocenters. The molecule has 0 saturated carbocycles. The van der Waals surface area contributed by atoms with Crippen LogP contribution in [0.25, 0.3) is 11.1 Å². The lowest BCUT2D eigenvalue weighted by Gasteiger charge is -2.19. The maximum atomic E-state index is 12.6. The normalized spacial score (nSPS) is 13.9. The Balaban J connectivity index is 1.65. The largest absolute Gasteiger partial charge is 0.478 e. The molecule has 35 heavy (non-hydrogen) atoms. The third kappa shape index (κ3) is 6.92. The molecular weight excluding hydrogens is 472 g/mol. The van der Waals surface area contributed by atoms with Gasteiger partial charge in [-0.25, -0.2) is 18.0 Å². The fourth-order valence-corrected chi connectivity index (χ4v) is 4.56. The second-order valence-corrected chi connectivity index (χ2v) is 10.6. The monoisotopic (exact) mass is 500 g/mol. The van der Waals surface area contributed by atoms with E-state index in [1.165, 1.54) is 13.0 Å². The number of fused-ring (bicyclic) bond motifs is 3. The molecule has 10 heteroatoms. The fraction of sp³-hybridized carbons (Fsp3) is 0.320. The number of carbonyl (C=O) groups is 3. The maximum Gasteiger partial charge on any atom is 0.407 e. The lowest BCUT2D eigenvalue weighted by molar-refractivity contribution is -0.132. The number of benzene rings is 2. The Hall–Kier alpha value is -3.66. The highest BCUT2D eigenvalue weighted by Crippen LogP contribution is 2.44. The molecule has 3 rings (SSSR count). The van der Waals surface area contributed by atoms with Crippen molar-refractivity contribution >= 4 is 27.8 Å². The summed E-state index contributed by atoms with van der Waals surface area (Å²) in [6.45, 7) is 1.34. The molecule has 2 aromatic rings. The molecular formula is C25H28N2O7S. The number of carboxylic acid groups (broad SMARTS) is 1. The highest BCUT2D eigenvalue weighted by atomic mass is 32.2. The average Bonchev–Trinajstić information content (AvgIpc) is 3.13. The smallest absolute Gasteiger partial charge is 0.407 e. The Kier molecular flexibility index (Phi) is 8.29. The van der Waals surface area contributed by atoms with E-state index in [9.17, 15) is 22.8 Å². The minimum atomic E-state index is -3.39. The van der Waals surface area contributed by atoms with Crippen LogP contribution in [0.2, 0.25) is 0 Å². The van der Waals surface area contributed by atoms with E-state index >= 15 is 0 Å². The van der Waals surface area contributed by atoms with E-state index in [4.69, 9.17) is 9.84 Å². The summed E-state index contributed by atoms with van der Waals surface area (Å²) in [5, 5.41) is 13.8. The number of hydrogen-bond donors (Lipinski definition) is 3. The number of ether oxygens (including phenoxy) is 1. The van der Waals surface area contributed by atoms with Gasteiger partial charge in [0.15, 0.2) is 0 Å². The summed E-state index contributed by atoms with van der Waals surface area (Å²) >= 11 is 0. The molecule has 1 aliphatic rings. The van der Waals surface area contributed by atoms with Gasteiger partial charge in [-0.15, -0.1) is 0 Å². The number of hydrogen-bond acceptors (Lipinski definition) is 6. The van der Waals surface area contributed by atoms with Gasteiger partial charge in [0.05, 0.1) is 5.75 Å². The molecule has 186 valence electrons. The number of aliphatic carboxylic acids is 1. The van der Waals surface area contributed by atoms with Gasteiger partial charge < -0.3 is 20.5 Å². The van der Waals surface area contributed by atoms with Crippen LogP contribution in [0.3, 0.4) is 0 Å². The van der Waals surface area contributed by atoms with Crippen molar-refractivity contribution in [2.75, 3.05) is 25.2 Å². The van der Waals surface area contributed by atoms with Crippen molar-refractivity contribution in [1.29, 1.82) is 0 Å². The van der Waals surface area contributed by atoms with Crippen molar-refractivity contribution in [3.05, 3.63) is 71.3 Å². The molecule has 0 bridgehead atoms. The van der Waals surface area contributed by atoms with Crippen molar-refractivity contribution < 1.29 is 32.6 Å². The van der Waals surface area contributed by atoms with Gasteiger partial charge >= 0.3 is 12.1 Å². The zero-order valence-corrected chi connectivity index (χ0v) is 20.3. The van der Waals surface area contributed by atoms with Crippen LogP contribution in [0.5, 0.6) is 0 Å². The minimum absolute atomic E-state index is 0.0425. The van der Waals surface area contributed by atoms with Crippen LogP contribution in [0, 0.1) is 0 Å². The van der Waals surface area contributed by atoms with Crippen LogP contribution in [0.15, 0.2) is 60.2 Å². The summed E-state index contributed by atoms with van der Waals surface area (Å²) in [4.78, 5) is 36.0. The van der Waals surface area contributed by atoms with Crippen molar-refractivity contribution in [2.45, 2.75) is 25.3 Å². The Morgan fingerprint density at radius 2 is 1.63 bits per heavy atom. The summed E-state index contributed by atoms with van der Waals surface area (Å²) in [6.07, 6.45) is 1.34. The Morgan fingerprint density at radius 3 is 2.17 bits per heavy atom. The van der Waals surface area contributed by atoms with Crippen LogP contribution in [0.1, 0.15) is 30.4 Å². The molecule has 0 heterocycles. The summed E-state index contributed by atoms with van der Waals surface area (Å²) < 4.78 is 28.7. The third-order valence-corrected chi connectivity index (χ3v) is 6.73. The van der Waals surface area contributed by atoms with Gasteiger partial charge in [-0.05, 0) is 35.6 Å². The second kappa shape index (κ2) is 11.2. The molecule has 0 fully saturated rings. The van der Waals surface area contributed by atoms with Gasteiger partial charge in [0.25, 0.3) is 0 Å². The Morgan fingerprint density at radius 1 is 1.06 bits per heavy atom. The molecule has 9 nitrogen and oxygen atoms in total. The SMILES string of the molecule is C/C(=C\CNC(=O)C(CCS(C)(=O)=O)NC(=O)OCC1c2ccccc2-c2ccccc21)C(=O)O. The second-order valence-electron chi connectivity index (χ2n) is 8.38. The predicted molar refractivity (Wildman–Crippen MR) is 131 cm³/mol. The molecule has 0 aliphatic heterocycles. The molecule has 1 aliphatic carbocycles. The molecule has 0 aromatic heterocycles. The summed E-state index contributed by atoms with van der Waals surface area (Å²) in [5.41, 5.74) is 4.27. The first-order valence-electron chi connectivity index (χ1n) is 11.0. The molecule has 0 saturated heterocycles. The molecule has 0 radical (unpaired) electrons. The number of alkyl carbamates (subject to hydrolysis) is 1. The first kappa shape index (κ1) is 26.0. The quantitative estimate of drug-likeness (QED) is 0.426. The van der Waals surface area contributed by atoms with Gasteiger partial charge in [-0.2, -0.15) is 0 Å². The number of carboxylic acids is 1. The predicted octanol–water partition coefficient (Wildman–Crippen LogP) is 2.48. The Labute approximate surface area is 204 Å². The van der Waals surface area contributed by atoms with Crippen molar-refractivity contribution in [3.8, 4) is 11.1 Å². The van der Waals surface area contributed by atoms with Gasteiger partial charge in [-0.1, -0.05) is 54.6 Å². The number of sulfone groups is 1. The topological polar surface area (TPSA) is 139 Å². The van der Waals surface area contributed by atoms with Crippen molar-refractivity contribution in [2.24, 2.45) is 0 Å². The van der Waals surface area contributed by atoms with E-state index < -0.39 is 33.8 Å². The fourth-order valence-electron chi connectivity index (χ4n) is 3.90. The number of carbonyl (C=O) groups excluding carboxylic acids is 2. The minimum Gasteiger partial charge on any atom is -0.478 e. The highest BCUT2D eigenvalue weighted by molar-refractivity contribution is 7.90. The van der Waals surface area contributed by atoms with Gasteiger partial charge in [0.2, 0.25) is 5.91 Å². The number of amides is 2. The van der Waals surface area contributed by atoms with E-state index in [0.717, 1.165) is 28.5 Å². The van der Waals surface area contributed by atoms with E-state index in [1.54, 1.807) is 0 Å². The van der Waals surface area contributed by atoms with E-state index in [0.29, 0.717) is 0 Å². The molecule has 1 unspecified atom stereocenters. The molecule has 3 N–H and O–H groups in total. The van der Waals surface area contributed by atoms with Crippen LogP contribution >= 0.6 is 0 Å². The van der Waals surface area contributed by atoms with Crippen LogP contribution < -0.4 is 10.6 Å². The summed E-state index contributed by atoms with van der Waals surface area (Å²) in [5.74, 6) is -2.25. The zero-order valence-electron chi connectivity index (χ0n) is 19.5. The van der Waals surface area contributed by atoms with Gasteiger partial charge in [0.1, 0.15) is 22.5 Å². The highest BCUT2D eigenvalue weighted by Gasteiger charge is 2.30. The lowest BCUT2D eigenvalue weighted by Crippen LogP contribution is -2.48. The lowest BCUT2D eigenvalue weighted by atomic mass is 9.98. The van der Waals surface area contributed by atoms with E-state index in [2.05, 4.69) is 10.6 Å². The van der Waals surface area contributed by atoms with Crippen LogP contribution in [-0.2, 0) is 24.2 Å². The average molecular weight is 501 g/mol. The first-order valence-corrected chi connectivity index (χ1v) is 13.1. The standard InChI is InChI=1S/C25H28N2O7S/c1-16(24(29)30)11-13-26-23(28)22(12-14-35(2,32)33)27-25(31)34-15-21-19-9-5-3-7-17(19)18-8-4-6-10-20(18)21/h3-11,21-22H,12-15H2,1-2H3,(H,26,28)(H,27,31)(H,29,30)/b16-11+.